The maximum absolute atomic E-state index is 13.7. The Morgan fingerprint density at radius 2 is 0.654 bits per heavy atom. The molecule has 3 rings (SSSR count). The molecule has 6 nitrogen and oxygen atoms in total. The predicted molar refractivity (Wildman–Crippen MR) is 211 cm³/mol. The van der Waals surface area contributed by atoms with Crippen LogP contribution in [0.25, 0.3) is 0 Å². The maximum Gasteiger partial charge on any atom is 0.336 e. The second-order valence-electron chi connectivity index (χ2n) is 14.5. The minimum absolute atomic E-state index is 0.208. The van der Waals surface area contributed by atoms with Crippen LogP contribution in [0.3, 0.4) is 0 Å². The van der Waals surface area contributed by atoms with Gasteiger partial charge >= 0.3 is 11.9 Å². The van der Waals surface area contributed by atoms with E-state index in [0.29, 0.717) is 0 Å². The van der Waals surface area contributed by atoms with E-state index >= 15 is 0 Å². The number of aromatic carboxylic acids is 2. The molecule has 282 valence electrons. The number of carboxylic acid groups (broad SMARTS) is 2. The summed E-state index contributed by atoms with van der Waals surface area (Å²) in [6.07, 6.45) is 27.0. The highest BCUT2D eigenvalue weighted by atomic mass is 16.4. The van der Waals surface area contributed by atoms with Crippen molar-refractivity contribution in [2.24, 2.45) is 0 Å². The van der Waals surface area contributed by atoms with E-state index in [2.05, 4.69) is 13.8 Å². The van der Waals surface area contributed by atoms with Crippen molar-refractivity contribution in [2.75, 3.05) is 0 Å². The van der Waals surface area contributed by atoms with Crippen LogP contribution >= 0.6 is 0 Å². The van der Waals surface area contributed by atoms with Crippen LogP contribution in [-0.4, -0.2) is 33.7 Å². The summed E-state index contributed by atoms with van der Waals surface area (Å²) < 4.78 is 0. The molecular formula is C46H62O6. The first-order valence-electron chi connectivity index (χ1n) is 20.2. The van der Waals surface area contributed by atoms with Gasteiger partial charge in [-0.3, -0.25) is 9.59 Å². The van der Waals surface area contributed by atoms with Crippen LogP contribution in [0.15, 0.2) is 60.7 Å². The van der Waals surface area contributed by atoms with Gasteiger partial charge < -0.3 is 10.2 Å². The summed E-state index contributed by atoms with van der Waals surface area (Å²) in [4.78, 5) is 51.8. The van der Waals surface area contributed by atoms with E-state index in [1.165, 1.54) is 103 Å². The summed E-state index contributed by atoms with van der Waals surface area (Å²) >= 11 is 0. The molecule has 2 N–H and O–H groups in total. The average Bonchev–Trinajstić information content (AvgIpc) is 3.15. The van der Waals surface area contributed by atoms with Gasteiger partial charge in [0.25, 0.3) is 0 Å². The van der Waals surface area contributed by atoms with Crippen molar-refractivity contribution in [3.63, 3.8) is 0 Å². The molecule has 0 atom stereocenters. The van der Waals surface area contributed by atoms with E-state index in [4.69, 9.17) is 0 Å². The van der Waals surface area contributed by atoms with Crippen molar-refractivity contribution in [3.8, 4) is 0 Å². The maximum atomic E-state index is 13.7. The zero-order valence-corrected chi connectivity index (χ0v) is 31.9. The molecule has 0 aromatic heterocycles. The number of rotatable bonds is 28. The van der Waals surface area contributed by atoms with E-state index in [9.17, 15) is 29.4 Å². The molecule has 0 heterocycles. The predicted octanol–water partition coefficient (Wildman–Crippen LogP) is 12.5. The van der Waals surface area contributed by atoms with E-state index in [0.717, 1.165) is 61.8 Å². The van der Waals surface area contributed by atoms with Gasteiger partial charge in [0.05, 0.1) is 11.1 Å². The van der Waals surface area contributed by atoms with Gasteiger partial charge in [-0.25, -0.2) is 9.59 Å². The molecule has 0 unspecified atom stereocenters. The van der Waals surface area contributed by atoms with E-state index in [-0.39, 0.29) is 22.3 Å². The number of hydrogen-bond donors (Lipinski definition) is 2. The minimum Gasteiger partial charge on any atom is -0.478 e. The number of benzene rings is 3. The first-order valence-corrected chi connectivity index (χ1v) is 20.2. The first kappa shape index (κ1) is 42.4. The van der Waals surface area contributed by atoms with Gasteiger partial charge in [-0.15, -0.1) is 0 Å². The molecule has 0 bridgehead atoms. The quantitative estimate of drug-likeness (QED) is 0.0573. The van der Waals surface area contributed by atoms with Crippen LogP contribution < -0.4 is 0 Å². The highest BCUT2D eigenvalue weighted by Gasteiger charge is 2.27. The molecule has 52 heavy (non-hydrogen) atoms. The van der Waals surface area contributed by atoms with Crippen LogP contribution in [0.1, 0.15) is 206 Å². The van der Waals surface area contributed by atoms with E-state index in [1.807, 2.05) is 24.3 Å². The van der Waals surface area contributed by atoms with Crippen molar-refractivity contribution in [3.05, 3.63) is 105 Å². The fourth-order valence-electron chi connectivity index (χ4n) is 6.92. The third kappa shape index (κ3) is 14.5. The lowest BCUT2D eigenvalue weighted by molar-refractivity contribution is 0.0690. The summed E-state index contributed by atoms with van der Waals surface area (Å²) in [6.45, 7) is 4.47. The lowest BCUT2D eigenvalue weighted by Crippen LogP contribution is -2.17. The summed E-state index contributed by atoms with van der Waals surface area (Å²) in [5.74, 6) is -4.00. The Balaban J connectivity index is 1.61. The van der Waals surface area contributed by atoms with Crippen LogP contribution in [0.4, 0.5) is 0 Å². The van der Waals surface area contributed by atoms with Crippen molar-refractivity contribution in [2.45, 2.75) is 155 Å². The molecule has 0 amide bonds. The summed E-state index contributed by atoms with van der Waals surface area (Å²) in [5.41, 5.74) is 1.47. The molecule has 0 saturated heterocycles. The average molecular weight is 711 g/mol. The van der Waals surface area contributed by atoms with Crippen LogP contribution in [0.5, 0.6) is 0 Å². The van der Waals surface area contributed by atoms with E-state index < -0.39 is 34.6 Å². The second-order valence-corrected chi connectivity index (χ2v) is 14.5. The SMILES string of the molecule is CCCCCCCCCCCCc1ccc(C(=O)c2cc(C(=O)c3ccc(CCCCCCCCCCCC)cc3)c(C(=O)O)cc2C(=O)O)cc1. The fraction of sp³-hybridized carbons (Fsp3) is 0.522. The molecule has 0 radical (unpaired) electrons. The first-order chi connectivity index (χ1) is 25.3. The number of unbranched alkanes of at least 4 members (excludes halogenated alkanes) is 18. The second kappa shape index (κ2) is 24.2. The normalized spacial score (nSPS) is 11.1. The Hall–Kier alpha value is -4.06. The van der Waals surface area contributed by atoms with Gasteiger partial charge in [0, 0.05) is 22.3 Å². The molecule has 0 aliphatic rings. The third-order valence-electron chi connectivity index (χ3n) is 10.2. The molecule has 0 aliphatic carbocycles. The van der Waals surface area contributed by atoms with Gasteiger partial charge in [-0.1, -0.05) is 178 Å². The van der Waals surface area contributed by atoms with Crippen molar-refractivity contribution in [1.29, 1.82) is 0 Å². The lowest BCUT2D eigenvalue weighted by atomic mass is 9.89. The largest absolute Gasteiger partial charge is 0.478 e. The van der Waals surface area contributed by atoms with Crippen LogP contribution in [0.2, 0.25) is 0 Å². The number of aryl methyl sites for hydroxylation is 2. The highest BCUT2D eigenvalue weighted by Crippen LogP contribution is 2.25. The summed E-state index contributed by atoms with van der Waals surface area (Å²) in [5, 5.41) is 19.9. The standard InChI is InChI=1S/C46H62O6/c1-3-5-7-9-11-13-15-17-19-21-23-35-25-29-37(30-26-35)43(47)39-33-40(42(46(51)52)34-41(39)45(49)50)44(48)38-31-27-36(28-32-38)24-22-20-18-16-14-12-10-8-6-4-2/h25-34H,3-24H2,1-2H3,(H,49,50)(H,51,52). The Morgan fingerprint density at radius 3 is 0.942 bits per heavy atom. The number of hydrogen-bond acceptors (Lipinski definition) is 4. The highest BCUT2D eigenvalue weighted by molar-refractivity contribution is 6.20. The molecular weight excluding hydrogens is 649 g/mol. The topological polar surface area (TPSA) is 109 Å². The number of carbonyl (C=O) groups excluding carboxylic acids is 2. The third-order valence-corrected chi connectivity index (χ3v) is 10.2. The smallest absolute Gasteiger partial charge is 0.336 e. The molecule has 0 fully saturated rings. The van der Waals surface area contributed by atoms with Crippen molar-refractivity contribution in [1.82, 2.24) is 0 Å². The zero-order valence-electron chi connectivity index (χ0n) is 31.9. The van der Waals surface area contributed by atoms with Crippen LogP contribution in [0, 0.1) is 0 Å². The number of carbonyl (C=O) groups is 4. The molecule has 3 aromatic rings. The lowest BCUT2D eigenvalue weighted by Gasteiger charge is -2.12. The molecule has 3 aromatic carbocycles. The van der Waals surface area contributed by atoms with Crippen molar-refractivity contribution >= 4 is 23.5 Å². The molecule has 0 saturated carbocycles. The number of carboxylic acids is 2. The molecule has 0 aliphatic heterocycles. The molecule has 0 spiro atoms. The Morgan fingerprint density at radius 1 is 0.385 bits per heavy atom. The minimum atomic E-state index is -1.43. The Bertz CT molecular complexity index is 1420. The van der Waals surface area contributed by atoms with Gasteiger partial charge in [-0.05, 0) is 48.9 Å². The van der Waals surface area contributed by atoms with Crippen molar-refractivity contribution < 1.29 is 29.4 Å². The van der Waals surface area contributed by atoms with Gasteiger partial charge in [0.15, 0.2) is 11.6 Å². The zero-order chi connectivity index (χ0) is 37.6. The summed E-state index contributed by atoms with van der Waals surface area (Å²) in [6, 6.07) is 16.3. The number of ketones is 2. The monoisotopic (exact) mass is 710 g/mol. The molecule has 6 heteroatoms. The fourth-order valence-corrected chi connectivity index (χ4v) is 6.92. The summed E-state index contributed by atoms with van der Waals surface area (Å²) in [7, 11) is 0. The van der Waals surface area contributed by atoms with Gasteiger partial charge in [0.2, 0.25) is 0 Å². The Labute approximate surface area is 312 Å². The van der Waals surface area contributed by atoms with Gasteiger partial charge in [-0.2, -0.15) is 0 Å². The van der Waals surface area contributed by atoms with E-state index in [1.54, 1.807) is 24.3 Å². The Kier molecular flexibility index (Phi) is 19.7. The van der Waals surface area contributed by atoms with Crippen LogP contribution in [-0.2, 0) is 12.8 Å². The van der Waals surface area contributed by atoms with Gasteiger partial charge in [0.1, 0.15) is 0 Å².